The van der Waals surface area contributed by atoms with Crippen LogP contribution in [0.1, 0.15) is 11.1 Å². The van der Waals surface area contributed by atoms with Gasteiger partial charge in [0.25, 0.3) is 0 Å². The minimum absolute atomic E-state index is 0.287. The van der Waals surface area contributed by atoms with Gasteiger partial charge in [0.1, 0.15) is 11.6 Å². The van der Waals surface area contributed by atoms with Crippen molar-refractivity contribution in [3.05, 3.63) is 53.6 Å². The summed E-state index contributed by atoms with van der Waals surface area (Å²) in [7, 11) is 3.53. The number of hydrogen-bond acceptors (Lipinski definition) is 3. The van der Waals surface area contributed by atoms with Crippen LogP contribution in [0.4, 0.5) is 16.2 Å². The van der Waals surface area contributed by atoms with E-state index in [1.54, 1.807) is 7.05 Å². The van der Waals surface area contributed by atoms with Gasteiger partial charge in [-0.3, -0.25) is 4.99 Å². The first-order valence-electron chi connectivity index (χ1n) is 7.78. The van der Waals surface area contributed by atoms with Gasteiger partial charge in [-0.2, -0.15) is 0 Å². The van der Waals surface area contributed by atoms with Gasteiger partial charge in [0.15, 0.2) is 0 Å². The smallest absolute Gasteiger partial charge is 0.323 e. The standard InChI is InChI=1S/C18H20N4O2/c1-19-17(20-2)13-4-3-5-14(11-13)21-18(23)22-15-6-7-16-12(10-15)8-9-24-16/h3-7,10-11H,8-9H2,1-2H3,(H,19,20)(H2,21,22,23). The lowest BCUT2D eigenvalue weighted by molar-refractivity contribution is 0.262. The molecule has 0 unspecified atom stereocenters. The number of nitrogens with zero attached hydrogens (tertiary/aromatic N) is 1. The van der Waals surface area contributed by atoms with E-state index in [1.165, 1.54) is 0 Å². The van der Waals surface area contributed by atoms with Gasteiger partial charge >= 0.3 is 6.03 Å². The van der Waals surface area contributed by atoms with Gasteiger partial charge in [-0.15, -0.1) is 0 Å². The highest BCUT2D eigenvalue weighted by molar-refractivity contribution is 6.02. The second-order valence-electron chi connectivity index (χ2n) is 5.40. The van der Waals surface area contributed by atoms with Crippen molar-refractivity contribution in [3.8, 4) is 5.75 Å². The maximum atomic E-state index is 12.2. The number of benzene rings is 2. The van der Waals surface area contributed by atoms with E-state index >= 15 is 0 Å². The van der Waals surface area contributed by atoms with E-state index in [4.69, 9.17) is 4.74 Å². The zero-order chi connectivity index (χ0) is 16.9. The summed E-state index contributed by atoms with van der Waals surface area (Å²) in [5, 5.41) is 8.70. The van der Waals surface area contributed by atoms with E-state index in [-0.39, 0.29) is 6.03 Å². The molecular formula is C18H20N4O2. The lowest BCUT2D eigenvalue weighted by Gasteiger charge is -2.10. The lowest BCUT2D eigenvalue weighted by Crippen LogP contribution is -2.21. The Balaban J connectivity index is 1.68. The minimum Gasteiger partial charge on any atom is -0.493 e. The number of fused-ring (bicyclic) bond motifs is 1. The number of aliphatic imine (C=N–C) groups is 1. The van der Waals surface area contributed by atoms with Gasteiger partial charge in [0.2, 0.25) is 0 Å². The Kier molecular flexibility index (Phi) is 4.65. The monoisotopic (exact) mass is 324 g/mol. The third kappa shape index (κ3) is 3.48. The number of urea groups is 1. The highest BCUT2D eigenvalue weighted by Crippen LogP contribution is 2.27. The molecule has 0 saturated carbocycles. The van der Waals surface area contributed by atoms with E-state index in [9.17, 15) is 4.79 Å². The maximum absolute atomic E-state index is 12.2. The molecule has 2 amide bonds. The summed E-state index contributed by atoms with van der Waals surface area (Å²) in [6, 6.07) is 12.9. The molecular weight excluding hydrogens is 304 g/mol. The molecule has 124 valence electrons. The zero-order valence-corrected chi connectivity index (χ0v) is 13.7. The first-order valence-corrected chi connectivity index (χ1v) is 7.78. The van der Waals surface area contributed by atoms with Crippen LogP contribution in [0, 0.1) is 0 Å². The van der Waals surface area contributed by atoms with E-state index in [0.717, 1.165) is 34.8 Å². The van der Waals surface area contributed by atoms with Crippen molar-refractivity contribution >= 4 is 23.2 Å². The molecule has 0 aromatic heterocycles. The van der Waals surface area contributed by atoms with Gasteiger partial charge < -0.3 is 20.7 Å². The number of carbonyl (C=O) groups is 1. The molecule has 2 aromatic rings. The Morgan fingerprint density at radius 3 is 2.67 bits per heavy atom. The van der Waals surface area contributed by atoms with E-state index in [2.05, 4.69) is 20.9 Å². The van der Waals surface area contributed by atoms with Crippen LogP contribution >= 0.6 is 0 Å². The largest absolute Gasteiger partial charge is 0.493 e. The Labute approximate surface area is 140 Å². The SMILES string of the molecule is CN=C(NC)c1cccc(NC(=O)Nc2ccc3c(c2)CCO3)c1. The van der Waals surface area contributed by atoms with Gasteiger partial charge in [0.05, 0.1) is 6.61 Å². The van der Waals surface area contributed by atoms with Crippen LogP contribution in [0.25, 0.3) is 0 Å². The fourth-order valence-electron chi connectivity index (χ4n) is 2.69. The first-order chi connectivity index (χ1) is 11.7. The van der Waals surface area contributed by atoms with Gasteiger partial charge in [-0.05, 0) is 35.9 Å². The van der Waals surface area contributed by atoms with Crippen LogP contribution in [0.3, 0.4) is 0 Å². The second kappa shape index (κ2) is 7.04. The molecule has 1 aliphatic heterocycles. The highest BCUT2D eigenvalue weighted by Gasteiger charge is 2.13. The molecule has 6 heteroatoms. The Morgan fingerprint density at radius 1 is 1.12 bits per heavy atom. The Hall–Kier alpha value is -3.02. The molecule has 1 aliphatic rings. The average molecular weight is 324 g/mol. The zero-order valence-electron chi connectivity index (χ0n) is 13.7. The maximum Gasteiger partial charge on any atom is 0.323 e. The molecule has 3 N–H and O–H groups in total. The van der Waals surface area contributed by atoms with Crippen LogP contribution in [0.2, 0.25) is 0 Å². The fraction of sp³-hybridized carbons (Fsp3) is 0.222. The number of amidine groups is 1. The van der Waals surface area contributed by atoms with Crippen LogP contribution < -0.4 is 20.7 Å². The van der Waals surface area contributed by atoms with Crippen molar-refractivity contribution in [2.24, 2.45) is 4.99 Å². The van der Waals surface area contributed by atoms with E-state index < -0.39 is 0 Å². The van der Waals surface area contributed by atoms with Crippen LogP contribution in [0.15, 0.2) is 47.5 Å². The molecule has 1 heterocycles. The van der Waals surface area contributed by atoms with Crippen molar-refractivity contribution in [2.45, 2.75) is 6.42 Å². The number of hydrogen-bond donors (Lipinski definition) is 3. The van der Waals surface area contributed by atoms with Crippen molar-refractivity contribution in [2.75, 3.05) is 31.3 Å². The molecule has 0 atom stereocenters. The molecule has 24 heavy (non-hydrogen) atoms. The molecule has 0 saturated heterocycles. The summed E-state index contributed by atoms with van der Waals surface area (Å²) in [6.07, 6.45) is 0.873. The minimum atomic E-state index is -0.287. The number of rotatable bonds is 3. The van der Waals surface area contributed by atoms with E-state index in [1.807, 2.05) is 49.5 Å². The topological polar surface area (TPSA) is 74.8 Å². The summed E-state index contributed by atoms with van der Waals surface area (Å²) < 4.78 is 5.47. The van der Waals surface area contributed by atoms with Crippen LogP contribution in [-0.2, 0) is 6.42 Å². The fourth-order valence-corrected chi connectivity index (χ4v) is 2.69. The first kappa shape index (κ1) is 15.9. The predicted octanol–water partition coefficient (Wildman–Crippen LogP) is 2.86. The number of nitrogens with one attached hydrogen (secondary N) is 3. The number of carbonyl (C=O) groups excluding carboxylic acids is 1. The van der Waals surface area contributed by atoms with E-state index in [0.29, 0.717) is 12.3 Å². The van der Waals surface area contributed by atoms with Crippen molar-refractivity contribution in [1.82, 2.24) is 5.32 Å². The summed E-state index contributed by atoms with van der Waals surface area (Å²) >= 11 is 0. The molecule has 0 aliphatic carbocycles. The van der Waals surface area contributed by atoms with Gasteiger partial charge in [0, 0.05) is 37.5 Å². The molecule has 0 radical (unpaired) electrons. The number of ether oxygens (including phenoxy) is 1. The third-order valence-corrected chi connectivity index (χ3v) is 3.80. The normalized spacial score (nSPS) is 13.0. The number of anilines is 2. The van der Waals surface area contributed by atoms with Gasteiger partial charge in [-0.1, -0.05) is 12.1 Å². The Morgan fingerprint density at radius 2 is 1.92 bits per heavy atom. The predicted molar refractivity (Wildman–Crippen MR) is 96.2 cm³/mol. The second-order valence-corrected chi connectivity index (χ2v) is 5.40. The number of amides is 2. The molecule has 6 nitrogen and oxygen atoms in total. The molecule has 2 aromatic carbocycles. The highest BCUT2D eigenvalue weighted by atomic mass is 16.5. The van der Waals surface area contributed by atoms with Crippen molar-refractivity contribution < 1.29 is 9.53 Å². The molecule has 3 rings (SSSR count). The van der Waals surface area contributed by atoms with Crippen molar-refractivity contribution in [3.63, 3.8) is 0 Å². The molecule has 0 spiro atoms. The third-order valence-electron chi connectivity index (χ3n) is 3.80. The Bertz CT molecular complexity index is 786. The summed E-state index contributed by atoms with van der Waals surface area (Å²) in [5.74, 6) is 1.66. The summed E-state index contributed by atoms with van der Waals surface area (Å²) in [4.78, 5) is 16.4. The summed E-state index contributed by atoms with van der Waals surface area (Å²) in [5.41, 5.74) is 3.48. The van der Waals surface area contributed by atoms with Crippen LogP contribution in [0.5, 0.6) is 5.75 Å². The van der Waals surface area contributed by atoms with Crippen molar-refractivity contribution in [1.29, 1.82) is 0 Å². The van der Waals surface area contributed by atoms with Gasteiger partial charge in [-0.25, -0.2) is 4.79 Å². The lowest BCUT2D eigenvalue weighted by atomic mass is 10.1. The molecule has 0 bridgehead atoms. The average Bonchev–Trinajstić information content (AvgIpc) is 3.04. The van der Waals surface area contributed by atoms with Crippen LogP contribution in [-0.4, -0.2) is 32.6 Å². The quantitative estimate of drug-likeness (QED) is 0.600. The molecule has 0 fully saturated rings. The summed E-state index contributed by atoms with van der Waals surface area (Å²) in [6.45, 7) is 0.699.